The van der Waals surface area contributed by atoms with Crippen molar-refractivity contribution in [3.8, 4) is 0 Å². The minimum absolute atomic E-state index is 0.0933. The average Bonchev–Trinajstić information content (AvgIpc) is 2.13. The average molecular weight is 260 g/mol. The number of hydrogen-bond acceptors (Lipinski definition) is 5. The minimum atomic E-state index is -1.09. The van der Waals surface area contributed by atoms with E-state index in [-0.39, 0.29) is 19.6 Å². The Bertz CT molecular complexity index is 322. The molecule has 0 rings (SSSR count). The molecule has 0 aromatic rings. The molecule has 0 heterocycles. The van der Waals surface area contributed by atoms with Crippen molar-refractivity contribution in [3.05, 3.63) is 0 Å². The second-order valence-corrected chi connectivity index (χ2v) is 4.83. The normalized spacial score (nSPS) is 10.9. The lowest BCUT2D eigenvalue weighted by Crippen LogP contribution is -2.40. The molecule has 0 aromatic carbocycles. The van der Waals surface area contributed by atoms with E-state index in [1.807, 2.05) is 0 Å². The van der Waals surface area contributed by atoms with Gasteiger partial charge in [-0.2, -0.15) is 0 Å². The number of hydrogen-bond donors (Lipinski definition) is 2. The first-order valence-corrected chi connectivity index (χ1v) is 5.50. The lowest BCUT2D eigenvalue weighted by atomic mass is 10.2. The molecule has 0 saturated carbocycles. The highest BCUT2D eigenvalue weighted by Crippen LogP contribution is 2.05. The number of esters is 1. The van der Waals surface area contributed by atoms with Gasteiger partial charge in [-0.1, -0.05) is 0 Å². The van der Waals surface area contributed by atoms with Crippen LogP contribution in [0, 0.1) is 0 Å². The van der Waals surface area contributed by atoms with Crippen LogP contribution in [0.1, 0.15) is 20.8 Å². The molecule has 0 radical (unpaired) electrons. The van der Waals surface area contributed by atoms with Gasteiger partial charge in [-0.15, -0.1) is 0 Å². The second kappa shape index (κ2) is 6.95. The number of carboxylic acids is 1. The van der Waals surface area contributed by atoms with E-state index in [1.54, 1.807) is 20.8 Å². The molecule has 0 bridgehead atoms. The molecule has 0 fully saturated rings. The molecule has 104 valence electrons. The number of carbonyl (C=O) groups excluding carboxylic acids is 2. The first-order chi connectivity index (χ1) is 8.11. The van der Waals surface area contributed by atoms with Gasteiger partial charge in [0.25, 0.3) is 0 Å². The van der Waals surface area contributed by atoms with Gasteiger partial charge in [-0.3, -0.25) is 19.7 Å². The second-order valence-electron chi connectivity index (χ2n) is 4.83. The highest BCUT2D eigenvalue weighted by atomic mass is 16.6. The Balaban J connectivity index is 3.87. The smallest absolute Gasteiger partial charge is 0.323 e. The molecule has 1 amide bonds. The molecule has 0 saturated heterocycles. The van der Waals surface area contributed by atoms with Gasteiger partial charge in [-0.25, -0.2) is 0 Å². The van der Waals surface area contributed by atoms with Gasteiger partial charge < -0.3 is 14.7 Å². The summed E-state index contributed by atoms with van der Waals surface area (Å²) in [4.78, 5) is 34.1. The summed E-state index contributed by atoms with van der Waals surface area (Å²) in [6.07, 6.45) is 0. The number of carbonyl (C=O) groups is 3. The van der Waals surface area contributed by atoms with Crippen molar-refractivity contribution in [2.75, 3.05) is 26.7 Å². The molecule has 18 heavy (non-hydrogen) atoms. The third-order valence-electron chi connectivity index (χ3n) is 1.76. The van der Waals surface area contributed by atoms with Gasteiger partial charge in [0, 0.05) is 7.05 Å². The largest absolute Gasteiger partial charge is 0.480 e. The van der Waals surface area contributed by atoms with Gasteiger partial charge in [0.15, 0.2) is 0 Å². The standard InChI is InChI=1S/C11H20N2O5/c1-11(2,3)18-10(17)6-12-5-8(14)13(4)7-9(15)16/h12H,5-7H2,1-4H3,(H,15,16). The fourth-order valence-corrected chi connectivity index (χ4v) is 1.08. The van der Waals surface area contributed by atoms with Crippen molar-refractivity contribution >= 4 is 17.8 Å². The van der Waals surface area contributed by atoms with E-state index in [0.29, 0.717) is 0 Å². The Hall–Kier alpha value is -1.63. The van der Waals surface area contributed by atoms with E-state index < -0.39 is 23.4 Å². The highest BCUT2D eigenvalue weighted by molar-refractivity contribution is 5.83. The van der Waals surface area contributed by atoms with Crippen molar-refractivity contribution < 1.29 is 24.2 Å². The first-order valence-electron chi connectivity index (χ1n) is 5.50. The number of aliphatic carboxylic acids is 1. The van der Waals surface area contributed by atoms with Gasteiger partial charge in [0.05, 0.1) is 13.1 Å². The fourth-order valence-electron chi connectivity index (χ4n) is 1.08. The number of nitrogens with zero attached hydrogens (tertiary/aromatic N) is 1. The van der Waals surface area contributed by atoms with Gasteiger partial charge >= 0.3 is 11.9 Å². The molecule has 0 aliphatic carbocycles. The Labute approximate surface area is 106 Å². The van der Waals surface area contributed by atoms with Crippen molar-refractivity contribution in [1.82, 2.24) is 10.2 Å². The predicted octanol–water partition coefficient (Wildman–Crippen LogP) is -0.539. The molecule has 0 unspecified atom stereocenters. The zero-order valence-electron chi connectivity index (χ0n) is 11.1. The van der Waals surface area contributed by atoms with E-state index in [4.69, 9.17) is 9.84 Å². The van der Waals surface area contributed by atoms with Crippen LogP contribution in [0.4, 0.5) is 0 Å². The predicted molar refractivity (Wildman–Crippen MR) is 64.0 cm³/mol. The molecule has 7 heteroatoms. The molecule has 0 aliphatic heterocycles. The topological polar surface area (TPSA) is 95.9 Å². The molecule has 7 nitrogen and oxygen atoms in total. The molecule has 2 N–H and O–H groups in total. The van der Waals surface area contributed by atoms with Crippen LogP contribution in [0.15, 0.2) is 0 Å². The zero-order valence-corrected chi connectivity index (χ0v) is 11.1. The van der Waals surface area contributed by atoms with E-state index >= 15 is 0 Å². The summed E-state index contributed by atoms with van der Waals surface area (Å²) in [6.45, 7) is 4.67. The summed E-state index contributed by atoms with van der Waals surface area (Å²) in [5.74, 6) is -1.95. The van der Waals surface area contributed by atoms with Crippen LogP contribution in [-0.2, 0) is 19.1 Å². The molecule has 0 spiro atoms. The van der Waals surface area contributed by atoms with Crippen LogP contribution in [-0.4, -0.2) is 60.1 Å². The van der Waals surface area contributed by atoms with Crippen molar-refractivity contribution in [2.24, 2.45) is 0 Å². The Morgan fingerprint density at radius 1 is 1.22 bits per heavy atom. The highest BCUT2D eigenvalue weighted by Gasteiger charge is 2.17. The maximum Gasteiger partial charge on any atom is 0.323 e. The summed E-state index contributed by atoms with van der Waals surface area (Å²) >= 11 is 0. The van der Waals surface area contributed by atoms with E-state index in [2.05, 4.69) is 5.32 Å². The number of amides is 1. The molecule has 0 aromatic heterocycles. The molecule has 0 atom stereocenters. The maximum atomic E-state index is 11.4. The number of likely N-dealkylation sites (N-methyl/N-ethyl adjacent to an activating group) is 1. The van der Waals surface area contributed by atoms with Crippen LogP contribution in [0.25, 0.3) is 0 Å². The summed E-state index contributed by atoms with van der Waals surface area (Å²) < 4.78 is 5.02. The van der Waals surface area contributed by atoms with Gasteiger partial charge in [0.2, 0.25) is 5.91 Å². The van der Waals surface area contributed by atoms with E-state index in [9.17, 15) is 14.4 Å². The minimum Gasteiger partial charge on any atom is -0.480 e. The third-order valence-corrected chi connectivity index (χ3v) is 1.76. The number of rotatable bonds is 6. The summed E-state index contributed by atoms with van der Waals surface area (Å²) in [5, 5.41) is 11.1. The summed E-state index contributed by atoms with van der Waals surface area (Å²) in [5.41, 5.74) is -0.567. The summed E-state index contributed by atoms with van der Waals surface area (Å²) in [7, 11) is 1.38. The number of ether oxygens (including phenoxy) is 1. The van der Waals surface area contributed by atoms with E-state index in [0.717, 1.165) is 4.90 Å². The lowest BCUT2D eigenvalue weighted by molar-refractivity contribution is -0.153. The Morgan fingerprint density at radius 2 is 1.78 bits per heavy atom. The van der Waals surface area contributed by atoms with E-state index in [1.165, 1.54) is 7.05 Å². The van der Waals surface area contributed by atoms with Crippen LogP contribution < -0.4 is 5.32 Å². The quantitative estimate of drug-likeness (QED) is 0.623. The Morgan fingerprint density at radius 3 is 2.22 bits per heavy atom. The molecular formula is C11H20N2O5. The summed E-state index contributed by atoms with van der Waals surface area (Å²) in [6, 6.07) is 0. The van der Waals surface area contributed by atoms with Crippen molar-refractivity contribution in [1.29, 1.82) is 0 Å². The number of carboxylic acid groups (broad SMARTS) is 1. The van der Waals surface area contributed by atoms with Crippen LogP contribution in [0.3, 0.4) is 0 Å². The molecular weight excluding hydrogens is 240 g/mol. The fraction of sp³-hybridized carbons (Fsp3) is 0.727. The van der Waals surface area contributed by atoms with Gasteiger partial charge in [-0.05, 0) is 20.8 Å². The number of nitrogens with one attached hydrogen (secondary N) is 1. The van der Waals surface area contributed by atoms with Crippen LogP contribution >= 0.6 is 0 Å². The van der Waals surface area contributed by atoms with Gasteiger partial charge in [0.1, 0.15) is 12.1 Å². The van der Waals surface area contributed by atoms with Crippen molar-refractivity contribution in [2.45, 2.75) is 26.4 Å². The van der Waals surface area contributed by atoms with Crippen LogP contribution in [0.2, 0.25) is 0 Å². The molecule has 0 aliphatic rings. The van der Waals surface area contributed by atoms with Crippen molar-refractivity contribution in [3.63, 3.8) is 0 Å². The monoisotopic (exact) mass is 260 g/mol. The maximum absolute atomic E-state index is 11.4. The first kappa shape index (κ1) is 16.4. The SMILES string of the molecule is CN(CC(=O)O)C(=O)CNCC(=O)OC(C)(C)C. The third kappa shape index (κ3) is 8.51. The zero-order chi connectivity index (χ0) is 14.3. The Kier molecular flexibility index (Phi) is 6.32. The van der Waals surface area contributed by atoms with Crippen LogP contribution in [0.5, 0.6) is 0 Å². The lowest BCUT2D eigenvalue weighted by Gasteiger charge is -2.20.